The molecule has 4 nitrogen and oxygen atoms in total. The number of carbonyl (C=O) groups is 2. The number of amides is 1. The zero-order valence-corrected chi connectivity index (χ0v) is 10.2. The Kier molecular flexibility index (Phi) is 4.98. The first kappa shape index (κ1) is 12.7. The minimum atomic E-state index is -0.317. The van der Waals surface area contributed by atoms with Crippen LogP contribution in [0.25, 0.3) is 0 Å². The highest BCUT2D eigenvalue weighted by Crippen LogP contribution is 2.16. The van der Waals surface area contributed by atoms with Gasteiger partial charge in [0.25, 0.3) is 5.91 Å². The normalized spacial score (nSPS) is 9.88. The van der Waals surface area contributed by atoms with Gasteiger partial charge in [-0.2, -0.15) is 0 Å². The lowest BCUT2D eigenvalue weighted by Gasteiger charge is -2.04. The van der Waals surface area contributed by atoms with Crippen molar-refractivity contribution in [2.75, 3.05) is 13.7 Å². The molecule has 0 aliphatic heterocycles. The molecule has 0 fully saturated rings. The van der Waals surface area contributed by atoms with E-state index >= 15 is 0 Å². The first-order chi connectivity index (χ1) is 7.69. The number of methoxy groups -OCH3 is 1. The number of rotatable bonds is 5. The molecule has 0 aliphatic carbocycles. The highest BCUT2D eigenvalue weighted by Gasteiger charge is 2.11. The van der Waals surface area contributed by atoms with E-state index in [1.54, 1.807) is 0 Å². The molecule has 0 unspecified atom stereocenters. The minimum absolute atomic E-state index is 0.115. The van der Waals surface area contributed by atoms with E-state index in [2.05, 4.69) is 10.1 Å². The third kappa shape index (κ3) is 3.34. The summed E-state index contributed by atoms with van der Waals surface area (Å²) in [6.45, 7) is 2.32. The third-order valence-electron chi connectivity index (χ3n) is 2.18. The van der Waals surface area contributed by atoms with Crippen molar-refractivity contribution in [1.29, 1.82) is 0 Å². The first-order valence-corrected chi connectivity index (χ1v) is 5.98. The first-order valence-electron chi connectivity index (χ1n) is 5.10. The van der Waals surface area contributed by atoms with Crippen LogP contribution in [0.4, 0.5) is 0 Å². The van der Waals surface area contributed by atoms with Crippen molar-refractivity contribution < 1.29 is 14.3 Å². The van der Waals surface area contributed by atoms with E-state index in [1.165, 1.54) is 18.4 Å². The van der Waals surface area contributed by atoms with Gasteiger partial charge in [0.1, 0.15) is 0 Å². The summed E-state index contributed by atoms with van der Waals surface area (Å²) in [6.07, 6.45) is 1.04. The molecule has 1 N–H and O–H groups in total. The Hall–Kier alpha value is -1.36. The number of aryl methyl sites for hydroxylation is 1. The van der Waals surface area contributed by atoms with Crippen LogP contribution in [-0.4, -0.2) is 25.5 Å². The number of nitrogens with one attached hydrogen (secondary N) is 1. The summed E-state index contributed by atoms with van der Waals surface area (Å²) in [5, 5.41) is 4.59. The predicted octanol–water partition coefficient (Wildman–Crippen LogP) is 1.60. The van der Waals surface area contributed by atoms with E-state index in [0.717, 1.165) is 16.9 Å². The molecule has 0 saturated carbocycles. The molecule has 0 aliphatic rings. The lowest BCUT2D eigenvalue weighted by molar-refractivity contribution is -0.140. The quantitative estimate of drug-likeness (QED) is 0.797. The van der Waals surface area contributed by atoms with Crippen molar-refractivity contribution in [3.63, 3.8) is 0 Å². The lowest BCUT2D eigenvalue weighted by Crippen LogP contribution is -2.26. The molecule has 1 aromatic heterocycles. The van der Waals surface area contributed by atoms with Crippen molar-refractivity contribution in [2.45, 2.75) is 19.8 Å². The smallest absolute Gasteiger partial charge is 0.307 e. The van der Waals surface area contributed by atoms with Crippen LogP contribution in [0.15, 0.2) is 11.4 Å². The average Bonchev–Trinajstić information content (AvgIpc) is 2.76. The number of hydrogen-bond acceptors (Lipinski definition) is 4. The van der Waals surface area contributed by atoms with Crippen LogP contribution in [0.2, 0.25) is 0 Å². The van der Waals surface area contributed by atoms with E-state index in [-0.39, 0.29) is 18.3 Å². The maximum Gasteiger partial charge on any atom is 0.307 e. The Balaban J connectivity index is 2.44. The van der Waals surface area contributed by atoms with Gasteiger partial charge in [-0.3, -0.25) is 9.59 Å². The zero-order valence-electron chi connectivity index (χ0n) is 9.41. The molecule has 1 rings (SSSR count). The minimum Gasteiger partial charge on any atom is -0.469 e. The van der Waals surface area contributed by atoms with Crippen molar-refractivity contribution in [3.05, 3.63) is 21.9 Å². The Morgan fingerprint density at radius 3 is 2.88 bits per heavy atom. The summed E-state index contributed by atoms with van der Waals surface area (Å²) >= 11 is 1.42. The summed E-state index contributed by atoms with van der Waals surface area (Å²) in [5.41, 5.74) is 1.04. The van der Waals surface area contributed by atoms with Gasteiger partial charge < -0.3 is 10.1 Å². The van der Waals surface area contributed by atoms with Crippen LogP contribution in [0.1, 0.15) is 28.6 Å². The maximum absolute atomic E-state index is 11.7. The second-order valence-corrected chi connectivity index (χ2v) is 4.13. The Morgan fingerprint density at radius 2 is 2.25 bits per heavy atom. The lowest BCUT2D eigenvalue weighted by atomic mass is 10.2. The summed E-state index contributed by atoms with van der Waals surface area (Å²) < 4.78 is 4.48. The predicted molar refractivity (Wildman–Crippen MR) is 62.7 cm³/mol. The molecule has 0 aromatic carbocycles. The fourth-order valence-electron chi connectivity index (χ4n) is 1.27. The molecule has 0 atom stereocenters. The molecular formula is C11H15NO3S. The van der Waals surface area contributed by atoms with Gasteiger partial charge in [0.2, 0.25) is 0 Å². The molecule has 5 heteroatoms. The van der Waals surface area contributed by atoms with E-state index in [9.17, 15) is 9.59 Å². The number of ether oxygens (including phenoxy) is 1. The molecule has 0 bridgehead atoms. The molecule has 0 radical (unpaired) electrons. The van der Waals surface area contributed by atoms with Crippen molar-refractivity contribution in [2.24, 2.45) is 0 Å². The van der Waals surface area contributed by atoms with Crippen LogP contribution in [0.5, 0.6) is 0 Å². The molecule has 1 heterocycles. The second kappa shape index (κ2) is 6.27. The van der Waals surface area contributed by atoms with Gasteiger partial charge in [0, 0.05) is 6.54 Å². The molecule has 1 amide bonds. The topological polar surface area (TPSA) is 55.4 Å². The number of carbonyl (C=O) groups excluding carboxylic acids is 2. The van der Waals surface area contributed by atoms with Crippen molar-refractivity contribution in [3.8, 4) is 0 Å². The van der Waals surface area contributed by atoms with E-state index in [1.807, 2.05) is 18.4 Å². The van der Waals surface area contributed by atoms with Gasteiger partial charge in [-0.25, -0.2) is 0 Å². The van der Waals surface area contributed by atoms with Gasteiger partial charge in [-0.1, -0.05) is 6.92 Å². The van der Waals surface area contributed by atoms with Crippen LogP contribution in [-0.2, 0) is 16.0 Å². The fourth-order valence-corrected chi connectivity index (χ4v) is 2.19. The molecule has 16 heavy (non-hydrogen) atoms. The number of esters is 1. The van der Waals surface area contributed by atoms with Gasteiger partial charge in [-0.05, 0) is 23.4 Å². The fraction of sp³-hybridized carbons (Fsp3) is 0.455. The highest BCUT2D eigenvalue weighted by molar-refractivity contribution is 7.12. The molecule has 0 spiro atoms. The molecular weight excluding hydrogens is 226 g/mol. The largest absolute Gasteiger partial charge is 0.469 e. The monoisotopic (exact) mass is 241 g/mol. The number of thiophene rings is 1. The van der Waals surface area contributed by atoms with Gasteiger partial charge in [0.15, 0.2) is 0 Å². The molecule has 0 saturated heterocycles. The molecule has 88 valence electrons. The van der Waals surface area contributed by atoms with Crippen LogP contribution >= 0.6 is 11.3 Å². The summed E-state index contributed by atoms with van der Waals surface area (Å²) in [6, 6.07) is 1.94. The van der Waals surface area contributed by atoms with Gasteiger partial charge in [-0.15, -0.1) is 11.3 Å². The molecule has 1 aromatic rings. The maximum atomic E-state index is 11.7. The zero-order chi connectivity index (χ0) is 12.0. The average molecular weight is 241 g/mol. The Bertz CT molecular complexity index is 373. The van der Waals surface area contributed by atoms with E-state index < -0.39 is 0 Å². The van der Waals surface area contributed by atoms with Crippen molar-refractivity contribution in [1.82, 2.24) is 5.32 Å². The summed E-state index contributed by atoms with van der Waals surface area (Å²) in [5.74, 6) is -0.432. The SMILES string of the molecule is CCc1ccsc1C(=O)NCCC(=O)OC. The van der Waals surface area contributed by atoms with E-state index in [4.69, 9.17) is 0 Å². The number of hydrogen-bond donors (Lipinski definition) is 1. The third-order valence-corrected chi connectivity index (χ3v) is 3.13. The van der Waals surface area contributed by atoms with Gasteiger partial charge in [0.05, 0.1) is 18.4 Å². The Labute approximate surface area is 98.6 Å². The van der Waals surface area contributed by atoms with Gasteiger partial charge >= 0.3 is 5.97 Å². The second-order valence-electron chi connectivity index (χ2n) is 3.21. The van der Waals surface area contributed by atoms with E-state index in [0.29, 0.717) is 6.54 Å². The van der Waals surface area contributed by atoms with Crippen molar-refractivity contribution >= 4 is 23.2 Å². The highest BCUT2D eigenvalue weighted by atomic mass is 32.1. The summed E-state index contributed by atoms with van der Waals surface area (Å²) in [4.78, 5) is 23.3. The summed E-state index contributed by atoms with van der Waals surface area (Å²) in [7, 11) is 1.33. The van der Waals surface area contributed by atoms with Crippen LogP contribution in [0, 0.1) is 0 Å². The Morgan fingerprint density at radius 1 is 1.50 bits per heavy atom. The standard InChI is InChI=1S/C11H15NO3S/c1-3-8-5-7-16-10(8)11(14)12-6-4-9(13)15-2/h5,7H,3-4,6H2,1-2H3,(H,12,14). The van der Waals surface area contributed by atoms with Crippen LogP contribution in [0.3, 0.4) is 0 Å². The van der Waals surface area contributed by atoms with Crippen LogP contribution < -0.4 is 5.32 Å².